The Hall–Kier alpha value is -3.40. The Bertz CT molecular complexity index is 1140. The number of rotatable bonds is 6. The fourth-order valence-corrected chi connectivity index (χ4v) is 4.91. The third-order valence-corrected chi connectivity index (χ3v) is 6.62. The summed E-state index contributed by atoms with van der Waals surface area (Å²) >= 11 is 0. The van der Waals surface area contributed by atoms with E-state index < -0.39 is 0 Å². The Morgan fingerprint density at radius 2 is 1.09 bits per heavy atom. The minimum Gasteiger partial charge on any atom is -0.497 e. The summed E-state index contributed by atoms with van der Waals surface area (Å²) in [5, 5.41) is 12.6. The quantitative estimate of drug-likeness (QED) is 0.354. The van der Waals surface area contributed by atoms with Crippen LogP contribution in [-0.2, 0) is 0 Å². The summed E-state index contributed by atoms with van der Waals surface area (Å²) in [5.41, 5.74) is 2.37. The number of methoxy groups -OCH3 is 2. The van der Waals surface area contributed by atoms with Crippen molar-refractivity contribution in [2.75, 3.05) is 24.9 Å². The van der Waals surface area contributed by atoms with Crippen molar-refractivity contribution in [1.82, 2.24) is 0 Å². The van der Waals surface area contributed by atoms with Gasteiger partial charge in [-0.05, 0) is 72.1 Å². The minimum absolute atomic E-state index is 0.366. The molecule has 32 heavy (non-hydrogen) atoms. The summed E-state index contributed by atoms with van der Waals surface area (Å²) in [6.45, 7) is 0. The van der Waals surface area contributed by atoms with Gasteiger partial charge in [0.2, 0.25) is 0 Å². The zero-order valence-corrected chi connectivity index (χ0v) is 18.7. The van der Waals surface area contributed by atoms with E-state index in [0.29, 0.717) is 12.1 Å². The molecule has 1 aliphatic rings. The van der Waals surface area contributed by atoms with Gasteiger partial charge in [-0.2, -0.15) is 0 Å². The van der Waals surface area contributed by atoms with Crippen molar-refractivity contribution in [3.63, 3.8) is 0 Å². The number of anilines is 2. The first-order valence-electron chi connectivity index (χ1n) is 11.4. The standard InChI is InChI=1S/C28H30N2O2/c1-31-21-13-15-23-19(17-21)7-5-11-25(23)29-27-9-3-4-10-28(27)30-26-12-6-8-20-18-22(32-2)14-16-24(20)26/h5-8,11-18,27-30H,3-4,9-10H2,1-2H3/t27-,28-/m1/s1. The maximum Gasteiger partial charge on any atom is 0.119 e. The van der Waals surface area contributed by atoms with E-state index in [1.807, 2.05) is 12.1 Å². The average molecular weight is 427 g/mol. The van der Waals surface area contributed by atoms with Gasteiger partial charge in [0.05, 0.1) is 14.2 Å². The fourth-order valence-electron chi connectivity index (χ4n) is 4.91. The molecule has 0 heterocycles. The van der Waals surface area contributed by atoms with Crippen LogP contribution in [-0.4, -0.2) is 26.3 Å². The number of hydrogen-bond donors (Lipinski definition) is 2. The molecule has 1 saturated carbocycles. The molecule has 4 aromatic rings. The first kappa shape index (κ1) is 20.5. The Morgan fingerprint density at radius 1 is 0.625 bits per heavy atom. The Kier molecular flexibility index (Phi) is 5.76. The molecule has 0 aliphatic heterocycles. The lowest BCUT2D eigenvalue weighted by molar-refractivity contribution is 0.415. The second-order valence-electron chi connectivity index (χ2n) is 8.57. The molecule has 2 atom stereocenters. The lowest BCUT2D eigenvalue weighted by atomic mass is 9.89. The number of benzene rings is 4. The number of ether oxygens (including phenoxy) is 2. The van der Waals surface area contributed by atoms with E-state index in [2.05, 4.69) is 71.3 Å². The van der Waals surface area contributed by atoms with Gasteiger partial charge in [-0.15, -0.1) is 0 Å². The molecule has 1 aliphatic carbocycles. The van der Waals surface area contributed by atoms with E-state index in [1.54, 1.807) is 14.2 Å². The Morgan fingerprint density at radius 3 is 1.53 bits per heavy atom. The van der Waals surface area contributed by atoms with E-state index in [0.717, 1.165) is 24.3 Å². The first-order chi connectivity index (χ1) is 15.7. The summed E-state index contributed by atoms with van der Waals surface area (Å²) in [6, 6.07) is 26.2. The van der Waals surface area contributed by atoms with E-state index in [4.69, 9.17) is 9.47 Å². The first-order valence-corrected chi connectivity index (χ1v) is 11.4. The van der Waals surface area contributed by atoms with Gasteiger partial charge in [0.1, 0.15) is 11.5 Å². The lowest BCUT2D eigenvalue weighted by Gasteiger charge is -2.35. The second-order valence-corrected chi connectivity index (χ2v) is 8.57. The topological polar surface area (TPSA) is 42.5 Å². The van der Waals surface area contributed by atoms with Crippen LogP contribution in [0.15, 0.2) is 72.8 Å². The lowest BCUT2D eigenvalue weighted by Crippen LogP contribution is -2.41. The highest BCUT2D eigenvalue weighted by Gasteiger charge is 2.26. The highest BCUT2D eigenvalue weighted by Crippen LogP contribution is 2.33. The van der Waals surface area contributed by atoms with Gasteiger partial charge in [0.15, 0.2) is 0 Å². The van der Waals surface area contributed by atoms with Crippen LogP contribution in [0.5, 0.6) is 11.5 Å². The molecule has 4 nitrogen and oxygen atoms in total. The predicted octanol–water partition coefficient (Wildman–Crippen LogP) is 6.85. The van der Waals surface area contributed by atoms with Crippen LogP contribution in [0.25, 0.3) is 21.5 Å². The maximum atomic E-state index is 5.41. The maximum absolute atomic E-state index is 5.41. The monoisotopic (exact) mass is 426 g/mol. The molecule has 4 heteroatoms. The number of nitrogens with one attached hydrogen (secondary N) is 2. The highest BCUT2D eigenvalue weighted by atomic mass is 16.5. The highest BCUT2D eigenvalue weighted by molar-refractivity contribution is 5.96. The van der Waals surface area contributed by atoms with Gasteiger partial charge in [0, 0.05) is 34.2 Å². The number of fused-ring (bicyclic) bond motifs is 2. The molecule has 0 amide bonds. The molecule has 164 valence electrons. The summed E-state index contributed by atoms with van der Waals surface area (Å²) < 4.78 is 10.8. The molecule has 4 aromatic carbocycles. The van der Waals surface area contributed by atoms with Crippen LogP contribution in [0, 0.1) is 0 Å². The third kappa shape index (κ3) is 4.05. The van der Waals surface area contributed by atoms with Crippen LogP contribution in [0.4, 0.5) is 11.4 Å². The van der Waals surface area contributed by atoms with Crippen molar-refractivity contribution in [3.8, 4) is 11.5 Å². The fraction of sp³-hybridized carbons (Fsp3) is 0.286. The second kappa shape index (κ2) is 8.99. The van der Waals surface area contributed by atoms with Gasteiger partial charge in [0.25, 0.3) is 0 Å². The number of hydrogen-bond acceptors (Lipinski definition) is 4. The largest absolute Gasteiger partial charge is 0.497 e. The van der Waals surface area contributed by atoms with E-state index in [-0.39, 0.29) is 0 Å². The summed E-state index contributed by atoms with van der Waals surface area (Å²) in [4.78, 5) is 0. The van der Waals surface area contributed by atoms with Gasteiger partial charge in [-0.1, -0.05) is 37.1 Å². The molecule has 0 bridgehead atoms. The summed E-state index contributed by atoms with van der Waals surface area (Å²) in [7, 11) is 3.43. The SMILES string of the molecule is COc1ccc2c(N[C@@H]3CCCC[C@H]3Nc3cccc4cc(OC)ccc34)cccc2c1. The van der Waals surface area contributed by atoms with Crippen LogP contribution in [0.2, 0.25) is 0 Å². The van der Waals surface area contributed by atoms with Crippen molar-refractivity contribution in [2.24, 2.45) is 0 Å². The molecule has 0 saturated heterocycles. The molecule has 0 aromatic heterocycles. The van der Waals surface area contributed by atoms with Gasteiger partial charge >= 0.3 is 0 Å². The van der Waals surface area contributed by atoms with Crippen molar-refractivity contribution >= 4 is 32.9 Å². The predicted molar refractivity (Wildman–Crippen MR) is 134 cm³/mol. The molecule has 1 fully saturated rings. The van der Waals surface area contributed by atoms with Crippen LogP contribution in [0.3, 0.4) is 0 Å². The van der Waals surface area contributed by atoms with Gasteiger partial charge in [-0.3, -0.25) is 0 Å². The molecule has 5 rings (SSSR count). The van der Waals surface area contributed by atoms with E-state index >= 15 is 0 Å². The molecular weight excluding hydrogens is 396 g/mol. The summed E-state index contributed by atoms with van der Waals surface area (Å²) in [5.74, 6) is 1.78. The van der Waals surface area contributed by atoms with Crippen LogP contribution >= 0.6 is 0 Å². The third-order valence-electron chi connectivity index (χ3n) is 6.62. The zero-order valence-electron chi connectivity index (χ0n) is 18.7. The van der Waals surface area contributed by atoms with Crippen molar-refractivity contribution in [1.29, 1.82) is 0 Å². The summed E-state index contributed by atoms with van der Waals surface area (Å²) in [6.07, 6.45) is 4.81. The van der Waals surface area contributed by atoms with E-state index in [1.165, 1.54) is 45.8 Å². The molecule has 0 unspecified atom stereocenters. The van der Waals surface area contributed by atoms with Crippen molar-refractivity contribution in [2.45, 2.75) is 37.8 Å². The Labute approximate surface area is 189 Å². The molecular formula is C28H30N2O2. The zero-order chi connectivity index (χ0) is 21.9. The van der Waals surface area contributed by atoms with Gasteiger partial charge in [-0.25, -0.2) is 0 Å². The molecule has 0 spiro atoms. The normalized spacial score (nSPS) is 18.4. The van der Waals surface area contributed by atoms with Crippen molar-refractivity contribution < 1.29 is 9.47 Å². The minimum atomic E-state index is 0.366. The van der Waals surface area contributed by atoms with Crippen molar-refractivity contribution in [3.05, 3.63) is 72.8 Å². The van der Waals surface area contributed by atoms with Crippen LogP contribution < -0.4 is 20.1 Å². The average Bonchev–Trinajstić information content (AvgIpc) is 2.84. The molecule has 2 N–H and O–H groups in total. The van der Waals surface area contributed by atoms with Crippen LogP contribution in [0.1, 0.15) is 25.7 Å². The smallest absolute Gasteiger partial charge is 0.119 e. The van der Waals surface area contributed by atoms with Gasteiger partial charge < -0.3 is 20.1 Å². The Balaban J connectivity index is 1.42. The van der Waals surface area contributed by atoms with E-state index in [9.17, 15) is 0 Å². The molecule has 0 radical (unpaired) electrons.